The fourth-order valence-electron chi connectivity index (χ4n) is 2.37. The van der Waals surface area contributed by atoms with Crippen LogP contribution in [0.5, 0.6) is 0 Å². The number of esters is 1. The summed E-state index contributed by atoms with van der Waals surface area (Å²) in [5.74, 6) is -1.68. The zero-order chi connectivity index (χ0) is 15.5. The molecule has 0 unspecified atom stereocenters. The molecule has 1 amide bonds. The Bertz CT molecular complexity index is 391. The number of carbonyl (C=O) groups excluding carboxylic acids is 3. The molecule has 1 aliphatic heterocycles. The minimum atomic E-state index is -0.911. The van der Waals surface area contributed by atoms with Crippen molar-refractivity contribution < 1.29 is 23.9 Å². The summed E-state index contributed by atoms with van der Waals surface area (Å²) in [4.78, 5) is 37.4. The van der Waals surface area contributed by atoms with Crippen LogP contribution < -0.4 is 0 Å². The van der Waals surface area contributed by atoms with E-state index in [1.807, 2.05) is 6.92 Å². The number of rotatable bonds is 2. The first-order valence-corrected chi connectivity index (χ1v) is 6.81. The number of carbonyl (C=O) groups is 3. The van der Waals surface area contributed by atoms with Crippen molar-refractivity contribution in [3.8, 4) is 0 Å². The first-order chi connectivity index (χ1) is 9.21. The van der Waals surface area contributed by atoms with Gasteiger partial charge in [0.1, 0.15) is 11.5 Å². The molecular formula is C14H23NO5. The Morgan fingerprint density at radius 3 is 2.40 bits per heavy atom. The number of Topliss-reactive ketones (excluding diaryl/α,β-unsaturated/α-hetero) is 1. The van der Waals surface area contributed by atoms with Gasteiger partial charge >= 0.3 is 12.1 Å². The van der Waals surface area contributed by atoms with Crippen molar-refractivity contribution in [1.29, 1.82) is 0 Å². The number of amides is 1. The zero-order valence-corrected chi connectivity index (χ0v) is 12.8. The molecule has 6 nitrogen and oxygen atoms in total. The van der Waals surface area contributed by atoms with E-state index in [0.29, 0.717) is 6.42 Å². The number of ether oxygens (including phenoxy) is 2. The molecule has 0 aromatic carbocycles. The van der Waals surface area contributed by atoms with Crippen LogP contribution >= 0.6 is 0 Å². The summed E-state index contributed by atoms with van der Waals surface area (Å²) in [6, 6.07) is -0.501. The van der Waals surface area contributed by atoms with Crippen molar-refractivity contribution >= 4 is 17.8 Å². The van der Waals surface area contributed by atoms with Gasteiger partial charge in [-0.3, -0.25) is 9.59 Å². The second kappa shape index (κ2) is 6.24. The molecule has 1 rings (SSSR count). The largest absolute Gasteiger partial charge is 0.468 e. The molecule has 20 heavy (non-hydrogen) atoms. The van der Waals surface area contributed by atoms with E-state index in [4.69, 9.17) is 4.74 Å². The summed E-state index contributed by atoms with van der Waals surface area (Å²) in [5.41, 5.74) is -0.613. The van der Waals surface area contributed by atoms with E-state index in [9.17, 15) is 14.4 Å². The van der Waals surface area contributed by atoms with Crippen molar-refractivity contribution in [2.24, 2.45) is 5.92 Å². The van der Waals surface area contributed by atoms with Crippen molar-refractivity contribution in [3.05, 3.63) is 0 Å². The normalized spacial score (nSPS) is 23.4. The lowest BCUT2D eigenvalue weighted by Gasteiger charge is -2.39. The number of nitrogens with zero attached hydrogens (tertiary/aromatic N) is 1. The summed E-state index contributed by atoms with van der Waals surface area (Å²) < 4.78 is 10.0. The molecule has 0 bridgehead atoms. The third-order valence-electron chi connectivity index (χ3n) is 3.23. The van der Waals surface area contributed by atoms with Crippen molar-refractivity contribution in [3.63, 3.8) is 0 Å². The molecule has 0 saturated carbocycles. The molecule has 0 aliphatic carbocycles. The molecular weight excluding hydrogens is 262 g/mol. The van der Waals surface area contributed by atoms with Gasteiger partial charge in [0, 0.05) is 13.0 Å². The smallest absolute Gasteiger partial charge is 0.410 e. The van der Waals surface area contributed by atoms with E-state index in [1.54, 1.807) is 20.8 Å². The first kappa shape index (κ1) is 16.5. The molecule has 0 spiro atoms. The van der Waals surface area contributed by atoms with Gasteiger partial charge in [-0.1, -0.05) is 6.92 Å². The van der Waals surface area contributed by atoms with Crippen LogP contribution in [0.15, 0.2) is 0 Å². The molecule has 2 atom stereocenters. The molecule has 1 fully saturated rings. The van der Waals surface area contributed by atoms with Crippen molar-refractivity contribution in [2.45, 2.75) is 52.2 Å². The number of methoxy groups -OCH3 is 1. The van der Waals surface area contributed by atoms with Crippen LogP contribution in [0.25, 0.3) is 0 Å². The van der Waals surface area contributed by atoms with Crippen LogP contribution in [-0.2, 0) is 19.1 Å². The van der Waals surface area contributed by atoms with Gasteiger partial charge < -0.3 is 14.4 Å². The van der Waals surface area contributed by atoms with E-state index in [1.165, 1.54) is 12.0 Å². The molecule has 1 heterocycles. The van der Waals surface area contributed by atoms with Gasteiger partial charge in [-0.15, -0.1) is 0 Å². The van der Waals surface area contributed by atoms with E-state index in [0.717, 1.165) is 0 Å². The number of likely N-dealkylation sites (tertiary alicyclic amines) is 1. The molecule has 1 saturated heterocycles. The summed E-state index contributed by atoms with van der Waals surface area (Å²) in [6.45, 7) is 7.44. The van der Waals surface area contributed by atoms with Crippen LogP contribution in [-0.4, -0.2) is 48.0 Å². The standard InChI is InChI=1S/C14H23NO5/c1-6-9-11(12(17)19-5)10(16)7-8-15(9)13(18)20-14(2,3)4/h9,11H,6-8H2,1-5H3/t9-,11-/m1/s1. The highest BCUT2D eigenvalue weighted by Gasteiger charge is 2.44. The Hall–Kier alpha value is -1.59. The van der Waals surface area contributed by atoms with Crippen LogP contribution in [0.1, 0.15) is 40.5 Å². The lowest BCUT2D eigenvalue weighted by Crippen LogP contribution is -2.55. The molecule has 0 N–H and O–H groups in total. The summed E-state index contributed by atoms with van der Waals surface area (Å²) >= 11 is 0. The molecule has 1 aliphatic rings. The van der Waals surface area contributed by atoms with Gasteiger partial charge in [0.15, 0.2) is 5.78 Å². The minimum Gasteiger partial charge on any atom is -0.468 e. The Kier molecular flexibility index (Phi) is 5.14. The Morgan fingerprint density at radius 1 is 1.35 bits per heavy atom. The average molecular weight is 285 g/mol. The number of hydrogen-bond donors (Lipinski definition) is 0. The lowest BCUT2D eigenvalue weighted by atomic mass is 9.86. The van der Waals surface area contributed by atoms with Crippen LogP contribution in [0, 0.1) is 5.92 Å². The van der Waals surface area contributed by atoms with Crippen LogP contribution in [0.3, 0.4) is 0 Å². The topological polar surface area (TPSA) is 72.9 Å². The highest BCUT2D eigenvalue weighted by Crippen LogP contribution is 2.26. The van der Waals surface area contributed by atoms with Crippen LogP contribution in [0.2, 0.25) is 0 Å². The number of hydrogen-bond acceptors (Lipinski definition) is 5. The Labute approximate surface area is 119 Å². The van der Waals surface area contributed by atoms with Gasteiger partial charge in [-0.05, 0) is 27.2 Å². The van der Waals surface area contributed by atoms with E-state index in [2.05, 4.69) is 4.74 Å². The van der Waals surface area contributed by atoms with Gasteiger partial charge in [0.2, 0.25) is 0 Å². The second-order valence-electron chi connectivity index (χ2n) is 5.87. The highest BCUT2D eigenvalue weighted by molar-refractivity contribution is 6.01. The maximum absolute atomic E-state index is 12.2. The third-order valence-corrected chi connectivity index (χ3v) is 3.23. The monoisotopic (exact) mass is 285 g/mol. The minimum absolute atomic E-state index is 0.148. The fourth-order valence-corrected chi connectivity index (χ4v) is 2.37. The second-order valence-corrected chi connectivity index (χ2v) is 5.87. The lowest BCUT2D eigenvalue weighted by molar-refractivity contribution is -0.154. The fraction of sp³-hybridized carbons (Fsp3) is 0.786. The highest BCUT2D eigenvalue weighted by atomic mass is 16.6. The van der Waals surface area contributed by atoms with E-state index >= 15 is 0 Å². The molecule has 6 heteroatoms. The zero-order valence-electron chi connectivity index (χ0n) is 12.8. The Balaban J connectivity index is 2.94. The molecule has 0 aromatic heterocycles. The summed E-state index contributed by atoms with van der Waals surface area (Å²) in [6.07, 6.45) is 0.144. The molecule has 0 aromatic rings. The predicted octanol–water partition coefficient (Wildman–Crippen LogP) is 1.76. The van der Waals surface area contributed by atoms with E-state index in [-0.39, 0.29) is 18.7 Å². The van der Waals surface area contributed by atoms with Gasteiger partial charge in [-0.2, -0.15) is 0 Å². The number of piperidine rings is 1. The first-order valence-electron chi connectivity index (χ1n) is 6.81. The third kappa shape index (κ3) is 3.71. The van der Waals surface area contributed by atoms with Crippen molar-refractivity contribution in [2.75, 3.05) is 13.7 Å². The quantitative estimate of drug-likeness (QED) is 0.571. The maximum atomic E-state index is 12.2. The van der Waals surface area contributed by atoms with Gasteiger partial charge in [0.25, 0.3) is 0 Å². The van der Waals surface area contributed by atoms with Crippen molar-refractivity contribution in [1.82, 2.24) is 4.90 Å². The SMILES string of the molecule is CC[C@@H]1[C@@H](C(=O)OC)C(=O)CCN1C(=O)OC(C)(C)C. The Morgan fingerprint density at radius 2 is 1.95 bits per heavy atom. The summed E-state index contributed by atoms with van der Waals surface area (Å²) in [7, 11) is 1.24. The predicted molar refractivity (Wildman–Crippen MR) is 72.1 cm³/mol. The summed E-state index contributed by atoms with van der Waals surface area (Å²) in [5, 5.41) is 0. The average Bonchev–Trinajstić information content (AvgIpc) is 2.35. The van der Waals surface area contributed by atoms with Crippen LogP contribution in [0.4, 0.5) is 4.79 Å². The molecule has 114 valence electrons. The number of ketones is 1. The van der Waals surface area contributed by atoms with Gasteiger partial charge in [0.05, 0.1) is 13.2 Å². The maximum Gasteiger partial charge on any atom is 0.410 e. The van der Waals surface area contributed by atoms with E-state index < -0.39 is 29.6 Å². The van der Waals surface area contributed by atoms with Gasteiger partial charge in [-0.25, -0.2) is 4.79 Å². The molecule has 0 radical (unpaired) electrons.